The number of hydrogen-bond donors (Lipinski definition) is 1. The van der Waals surface area contributed by atoms with Gasteiger partial charge in [0.05, 0.1) is 17.5 Å². The third-order valence-electron chi connectivity index (χ3n) is 5.06. The van der Waals surface area contributed by atoms with Gasteiger partial charge in [0.25, 0.3) is 5.91 Å². The SMILES string of the molecule is CC.CC.CCOP(=O)(OC)c1c2c(c(O)c3ncccc13)C(=O)N(Cc1ccc(F)cc1)C2. The molecule has 1 N–H and O–H groups in total. The van der Waals surface area contributed by atoms with Crippen molar-refractivity contribution in [2.24, 2.45) is 0 Å². The molecule has 1 amide bonds. The molecule has 1 aliphatic rings. The zero-order valence-electron chi connectivity index (χ0n) is 20.5. The quantitative estimate of drug-likeness (QED) is 0.440. The van der Waals surface area contributed by atoms with Crippen molar-refractivity contribution in [2.75, 3.05) is 13.7 Å². The zero-order chi connectivity index (χ0) is 25.5. The molecule has 1 unspecified atom stereocenters. The number of benzene rings is 2. The molecule has 1 atom stereocenters. The number of amides is 1. The standard InChI is InChI=1S/C21H20FN2O5P.2C2H6/c1-3-29-30(27,28-2)20-15-5-4-10-23-18(15)19(25)17-16(20)12-24(21(17)26)11-13-6-8-14(22)9-7-13;2*1-2/h4-10,25H,3,11-12H2,1-2H3;2*1-2H3. The number of phenolic OH excluding ortho intramolecular Hbond substituents is 1. The molecule has 3 aromatic rings. The van der Waals surface area contributed by atoms with Crippen LogP contribution in [0.1, 0.15) is 56.1 Å². The third kappa shape index (κ3) is 5.14. The van der Waals surface area contributed by atoms with Crippen molar-refractivity contribution in [1.29, 1.82) is 0 Å². The summed E-state index contributed by atoms with van der Waals surface area (Å²) in [6.07, 6.45) is 1.48. The second-order valence-corrected chi connectivity index (χ2v) is 8.90. The van der Waals surface area contributed by atoms with Crippen molar-refractivity contribution in [1.82, 2.24) is 9.88 Å². The average Bonchev–Trinajstić information content (AvgIpc) is 3.19. The summed E-state index contributed by atoms with van der Waals surface area (Å²) in [7, 11) is -2.50. The van der Waals surface area contributed by atoms with Crippen LogP contribution in [0.2, 0.25) is 0 Å². The minimum Gasteiger partial charge on any atom is -0.505 e. The van der Waals surface area contributed by atoms with Gasteiger partial charge in [0, 0.05) is 37.3 Å². The number of aromatic nitrogens is 1. The third-order valence-corrected chi connectivity index (χ3v) is 7.20. The molecule has 34 heavy (non-hydrogen) atoms. The van der Waals surface area contributed by atoms with E-state index in [1.807, 2.05) is 27.7 Å². The predicted molar refractivity (Wildman–Crippen MR) is 132 cm³/mol. The first-order valence-corrected chi connectivity index (χ1v) is 12.9. The van der Waals surface area contributed by atoms with Gasteiger partial charge in [-0.2, -0.15) is 0 Å². The molecule has 9 heteroatoms. The van der Waals surface area contributed by atoms with Crippen LogP contribution < -0.4 is 5.30 Å². The van der Waals surface area contributed by atoms with Crippen LogP contribution in [-0.4, -0.2) is 34.6 Å². The Hall–Kier alpha value is -2.80. The summed E-state index contributed by atoms with van der Waals surface area (Å²) in [4.78, 5) is 18.8. The van der Waals surface area contributed by atoms with Gasteiger partial charge in [-0.1, -0.05) is 45.9 Å². The molecule has 184 valence electrons. The number of carbonyl (C=O) groups excluding carboxylic acids is 1. The van der Waals surface area contributed by atoms with Crippen molar-refractivity contribution < 1.29 is 27.9 Å². The molecule has 4 rings (SSSR count). The Morgan fingerprint density at radius 3 is 2.38 bits per heavy atom. The first-order valence-electron chi connectivity index (χ1n) is 11.4. The van der Waals surface area contributed by atoms with Crippen molar-refractivity contribution in [3.63, 3.8) is 0 Å². The van der Waals surface area contributed by atoms with E-state index in [2.05, 4.69) is 4.98 Å². The Morgan fingerprint density at radius 2 is 1.79 bits per heavy atom. The minimum atomic E-state index is -3.78. The summed E-state index contributed by atoms with van der Waals surface area (Å²) in [6.45, 7) is 10.1. The van der Waals surface area contributed by atoms with Gasteiger partial charge in [0.1, 0.15) is 11.3 Å². The van der Waals surface area contributed by atoms with E-state index in [4.69, 9.17) is 9.05 Å². The van der Waals surface area contributed by atoms with Crippen molar-refractivity contribution in [3.8, 4) is 5.75 Å². The normalized spacial score (nSPS) is 14.0. The Morgan fingerprint density at radius 1 is 1.15 bits per heavy atom. The summed E-state index contributed by atoms with van der Waals surface area (Å²) >= 11 is 0. The highest BCUT2D eigenvalue weighted by Gasteiger charge is 2.41. The summed E-state index contributed by atoms with van der Waals surface area (Å²) in [5.74, 6) is -1.07. The summed E-state index contributed by atoms with van der Waals surface area (Å²) in [5, 5.41) is 11.5. The van der Waals surface area contributed by atoms with Crippen LogP contribution in [0.15, 0.2) is 42.6 Å². The Bertz CT molecular complexity index is 1180. The fourth-order valence-electron chi connectivity index (χ4n) is 3.76. The lowest BCUT2D eigenvalue weighted by atomic mass is 10.0. The molecule has 0 aliphatic carbocycles. The van der Waals surface area contributed by atoms with Crippen LogP contribution in [0.25, 0.3) is 10.9 Å². The number of aromatic hydroxyl groups is 1. The largest absolute Gasteiger partial charge is 0.505 e. The zero-order valence-corrected chi connectivity index (χ0v) is 21.4. The van der Waals surface area contributed by atoms with Crippen LogP contribution >= 0.6 is 7.60 Å². The Balaban J connectivity index is 0.000000970. The fourth-order valence-corrected chi connectivity index (χ4v) is 5.51. The molecular formula is C25H32FN2O5P. The Kier molecular flexibility index (Phi) is 9.74. The van der Waals surface area contributed by atoms with Crippen molar-refractivity contribution >= 4 is 29.7 Å². The van der Waals surface area contributed by atoms with E-state index in [1.165, 1.54) is 30.3 Å². The van der Waals surface area contributed by atoms with E-state index in [0.717, 1.165) is 5.56 Å². The summed E-state index contributed by atoms with van der Waals surface area (Å²) in [6, 6.07) is 9.12. The van der Waals surface area contributed by atoms with Crippen molar-refractivity contribution in [3.05, 3.63) is 65.1 Å². The van der Waals surface area contributed by atoms with Crippen molar-refractivity contribution in [2.45, 2.75) is 47.7 Å². The monoisotopic (exact) mass is 490 g/mol. The highest BCUT2D eigenvalue weighted by atomic mass is 31.2. The van der Waals surface area contributed by atoms with Gasteiger partial charge in [-0.25, -0.2) is 4.39 Å². The van der Waals surface area contributed by atoms with E-state index < -0.39 is 13.5 Å². The van der Waals surface area contributed by atoms with Crippen LogP contribution in [0, 0.1) is 5.82 Å². The number of nitrogens with zero attached hydrogens (tertiary/aromatic N) is 2. The smallest absolute Gasteiger partial charge is 0.362 e. The Labute approximate surface area is 200 Å². The van der Waals surface area contributed by atoms with Crippen LogP contribution in [0.3, 0.4) is 0 Å². The van der Waals surface area contributed by atoms with Crippen LogP contribution in [0.5, 0.6) is 5.75 Å². The molecule has 2 aromatic carbocycles. The van der Waals surface area contributed by atoms with Gasteiger partial charge in [-0.3, -0.25) is 14.3 Å². The maximum absolute atomic E-state index is 13.6. The number of carbonyl (C=O) groups is 1. The van der Waals surface area contributed by atoms with Gasteiger partial charge in [-0.05, 0) is 30.7 Å². The van der Waals surface area contributed by atoms with E-state index >= 15 is 0 Å². The number of halogens is 1. The number of pyridine rings is 1. The van der Waals surface area contributed by atoms with Crippen LogP contribution in [0.4, 0.5) is 4.39 Å². The predicted octanol–water partition coefficient (Wildman–Crippen LogP) is 5.79. The second kappa shape index (κ2) is 12.1. The van der Waals surface area contributed by atoms with Gasteiger partial charge in [0.15, 0.2) is 5.75 Å². The number of rotatable bonds is 6. The molecule has 1 aliphatic heterocycles. The molecule has 0 bridgehead atoms. The summed E-state index contributed by atoms with van der Waals surface area (Å²) in [5.41, 5.74) is 1.30. The molecule has 1 aromatic heterocycles. The molecule has 0 radical (unpaired) electrons. The lowest BCUT2D eigenvalue weighted by Gasteiger charge is -2.21. The molecule has 0 saturated heterocycles. The second-order valence-electron chi connectivity index (χ2n) is 6.84. The molecular weight excluding hydrogens is 458 g/mol. The van der Waals surface area contributed by atoms with E-state index in [0.29, 0.717) is 10.9 Å². The van der Waals surface area contributed by atoms with E-state index in [9.17, 15) is 18.9 Å². The topological polar surface area (TPSA) is 89.0 Å². The number of hydrogen-bond acceptors (Lipinski definition) is 6. The average molecular weight is 491 g/mol. The highest BCUT2D eigenvalue weighted by Crippen LogP contribution is 2.51. The van der Waals surface area contributed by atoms with Gasteiger partial charge in [-0.15, -0.1) is 0 Å². The number of fused-ring (bicyclic) bond motifs is 2. The molecule has 7 nitrogen and oxygen atoms in total. The maximum atomic E-state index is 13.6. The lowest BCUT2D eigenvalue weighted by molar-refractivity contribution is 0.0764. The number of phenols is 1. The van der Waals surface area contributed by atoms with E-state index in [1.54, 1.807) is 31.2 Å². The molecule has 0 fully saturated rings. The molecule has 0 spiro atoms. The molecule has 2 heterocycles. The first kappa shape index (κ1) is 27.4. The van der Waals surface area contributed by atoms with Gasteiger partial charge in [0.2, 0.25) is 0 Å². The first-order chi connectivity index (χ1) is 16.4. The van der Waals surface area contributed by atoms with Crippen LogP contribution in [-0.2, 0) is 26.7 Å². The fraction of sp³-hybridized carbons (Fsp3) is 0.360. The lowest BCUT2D eigenvalue weighted by Crippen LogP contribution is -2.23. The van der Waals surface area contributed by atoms with Gasteiger partial charge < -0.3 is 19.1 Å². The summed E-state index contributed by atoms with van der Waals surface area (Å²) < 4.78 is 37.6. The molecule has 0 saturated carbocycles. The highest BCUT2D eigenvalue weighted by molar-refractivity contribution is 7.62. The van der Waals surface area contributed by atoms with E-state index in [-0.39, 0.29) is 47.6 Å². The van der Waals surface area contributed by atoms with Gasteiger partial charge >= 0.3 is 7.60 Å². The maximum Gasteiger partial charge on any atom is 0.362 e. The minimum absolute atomic E-state index is 0.0373.